The maximum atomic E-state index is 12.4. The zero-order valence-corrected chi connectivity index (χ0v) is 19.1. The number of rotatable bonds is 12. The van der Waals surface area contributed by atoms with E-state index in [0.29, 0.717) is 19.3 Å². The van der Waals surface area contributed by atoms with Crippen molar-refractivity contribution >= 4 is 23.9 Å². The van der Waals surface area contributed by atoms with E-state index >= 15 is 0 Å². The summed E-state index contributed by atoms with van der Waals surface area (Å²) in [7, 11) is 0. The van der Waals surface area contributed by atoms with Gasteiger partial charge in [0.1, 0.15) is 6.10 Å². The third-order valence-electron chi connectivity index (χ3n) is 5.12. The van der Waals surface area contributed by atoms with E-state index in [0.717, 1.165) is 0 Å². The number of carbonyl (C=O) groups is 4. The van der Waals surface area contributed by atoms with Gasteiger partial charge in [0.25, 0.3) is 0 Å². The van der Waals surface area contributed by atoms with E-state index in [2.05, 4.69) is 0 Å². The smallest absolute Gasteiger partial charge is 0.309 e. The third kappa shape index (κ3) is 7.79. The first-order valence-corrected chi connectivity index (χ1v) is 11.2. The Hall–Kier alpha value is -2.16. The van der Waals surface area contributed by atoms with Crippen LogP contribution in [0.25, 0.3) is 0 Å². The molecule has 1 unspecified atom stereocenters. The average Bonchev–Trinajstić information content (AvgIpc) is 2.68. The van der Waals surface area contributed by atoms with Crippen LogP contribution in [0, 0.1) is 5.92 Å². The van der Waals surface area contributed by atoms with Gasteiger partial charge in [0.05, 0.1) is 12.0 Å². The molecule has 31 heavy (non-hydrogen) atoms. The fourth-order valence-corrected chi connectivity index (χ4v) is 3.59. The minimum Gasteiger partial charge on any atom is -0.481 e. The van der Waals surface area contributed by atoms with Crippen LogP contribution in [0.3, 0.4) is 0 Å². The van der Waals surface area contributed by atoms with Crippen LogP contribution in [0.2, 0.25) is 0 Å². The van der Waals surface area contributed by atoms with Gasteiger partial charge in [-0.25, -0.2) is 0 Å². The van der Waals surface area contributed by atoms with Crippen LogP contribution in [0.15, 0.2) is 0 Å². The molecule has 0 aromatic heterocycles. The van der Waals surface area contributed by atoms with Gasteiger partial charge in [-0.2, -0.15) is 0 Å². The fourth-order valence-electron chi connectivity index (χ4n) is 3.59. The van der Waals surface area contributed by atoms with Gasteiger partial charge < -0.3 is 24.1 Å². The molecule has 1 fully saturated rings. The highest BCUT2D eigenvalue weighted by Crippen LogP contribution is 2.34. The second kappa shape index (κ2) is 13.3. The maximum Gasteiger partial charge on any atom is 0.309 e. The Morgan fingerprint density at radius 1 is 0.774 bits per heavy atom. The van der Waals surface area contributed by atoms with E-state index in [1.807, 2.05) is 13.8 Å². The number of ether oxygens (including phenoxy) is 4. The average molecular weight is 445 g/mol. The number of carboxylic acids is 1. The van der Waals surface area contributed by atoms with Crippen molar-refractivity contribution in [3.05, 3.63) is 0 Å². The quantitative estimate of drug-likeness (QED) is 0.357. The lowest BCUT2D eigenvalue weighted by Gasteiger charge is -2.45. The largest absolute Gasteiger partial charge is 0.481 e. The van der Waals surface area contributed by atoms with Crippen molar-refractivity contribution in [3.8, 4) is 0 Å². The lowest BCUT2D eigenvalue weighted by molar-refractivity contribution is -0.254. The van der Waals surface area contributed by atoms with E-state index in [-0.39, 0.29) is 25.7 Å². The second-order valence-corrected chi connectivity index (χ2v) is 7.77. The zero-order valence-electron chi connectivity index (χ0n) is 19.1. The summed E-state index contributed by atoms with van der Waals surface area (Å²) in [5.41, 5.74) is 0. The lowest BCUT2D eigenvalue weighted by atomic mass is 9.86. The molecule has 9 nitrogen and oxygen atoms in total. The summed E-state index contributed by atoms with van der Waals surface area (Å²) in [6.45, 7) is 8.74. The van der Waals surface area contributed by atoms with Crippen LogP contribution < -0.4 is 0 Å². The lowest BCUT2D eigenvalue weighted by Crippen LogP contribution is -2.63. The van der Waals surface area contributed by atoms with Crippen LogP contribution in [-0.4, -0.2) is 59.5 Å². The molecule has 1 aliphatic heterocycles. The summed E-state index contributed by atoms with van der Waals surface area (Å²) in [6, 6.07) is 0. The third-order valence-corrected chi connectivity index (χ3v) is 5.12. The molecular formula is C22H36O9. The fraction of sp³-hybridized carbons (Fsp3) is 0.818. The molecule has 0 aromatic rings. The van der Waals surface area contributed by atoms with E-state index in [1.54, 1.807) is 20.8 Å². The highest BCUT2D eigenvalue weighted by molar-refractivity contribution is 5.73. The van der Waals surface area contributed by atoms with E-state index < -0.39 is 60.3 Å². The molecular weight excluding hydrogens is 408 g/mol. The first-order valence-electron chi connectivity index (χ1n) is 11.2. The molecule has 6 atom stereocenters. The van der Waals surface area contributed by atoms with Gasteiger partial charge in [-0.05, 0) is 32.6 Å². The van der Waals surface area contributed by atoms with Crippen molar-refractivity contribution in [2.75, 3.05) is 0 Å². The number of carbonyl (C=O) groups excluding carboxylic acids is 3. The monoisotopic (exact) mass is 444 g/mol. The maximum absolute atomic E-state index is 12.4. The van der Waals surface area contributed by atoms with Crippen LogP contribution in [0.5, 0.6) is 0 Å². The van der Waals surface area contributed by atoms with Gasteiger partial charge in [-0.1, -0.05) is 27.7 Å². The van der Waals surface area contributed by atoms with Gasteiger partial charge >= 0.3 is 23.9 Å². The first-order chi connectivity index (χ1) is 14.7. The van der Waals surface area contributed by atoms with Gasteiger partial charge in [-0.3, -0.25) is 19.2 Å². The Bertz CT molecular complexity index is 618. The molecule has 1 rings (SSSR count). The van der Waals surface area contributed by atoms with Crippen molar-refractivity contribution in [1.82, 2.24) is 0 Å². The summed E-state index contributed by atoms with van der Waals surface area (Å²) in [5, 5.41) is 9.69. The Morgan fingerprint density at radius 3 is 1.58 bits per heavy atom. The summed E-state index contributed by atoms with van der Waals surface area (Å²) in [6.07, 6.45) is -2.99. The molecule has 1 saturated heterocycles. The van der Waals surface area contributed by atoms with Crippen molar-refractivity contribution < 1.29 is 43.2 Å². The van der Waals surface area contributed by atoms with Crippen molar-refractivity contribution in [1.29, 1.82) is 0 Å². The molecule has 1 heterocycles. The normalized spacial score (nSPS) is 26.5. The molecule has 0 aliphatic carbocycles. The van der Waals surface area contributed by atoms with Crippen LogP contribution in [0.4, 0.5) is 0 Å². The highest BCUT2D eigenvalue weighted by Gasteiger charge is 2.53. The van der Waals surface area contributed by atoms with Crippen LogP contribution in [-0.2, 0) is 38.1 Å². The van der Waals surface area contributed by atoms with Crippen molar-refractivity contribution in [2.45, 2.75) is 110 Å². The molecule has 9 heteroatoms. The molecule has 0 spiro atoms. The second-order valence-electron chi connectivity index (χ2n) is 7.77. The number of hydrogen-bond donors (Lipinski definition) is 1. The minimum absolute atomic E-state index is 0.110. The van der Waals surface area contributed by atoms with E-state index in [4.69, 9.17) is 18.9 Å². The van der Waals surface area contributed by atoms with Crippen LogP contribution >= 0.6 is 0 Å². The Kier molecular flexibility index (Phi) is 11.5. The van der Waals surface area contributed by atoms with Crippen molar-refractivity contribution in [3.63, 3.8) is 0 Å². The molecule has 0 radical (unpaired) electrons. The SMILES string of the molecule is CCCC(=O)O[C@@H]1[C@@H](OC(=O)CCC)[C@H](C)O[C@@H](C(CC)C(=O)O)[C@H]1OC(=O)CCC. The minimum atomic E-state index is -1.21. The van der Waals surface area contributed by atoms with E-state index in [9.17, 15) is 24.3 Å². The highest BCUT2D eigenvalue weighted by atomic mass is 16.6. The number of esters is 3. The van der Waals surface area contributed by atoms with Gasteiger partial charge in [-0.15, -0.1) is 0 Å². The van der Waals surface area contributed by atoms with Crippen molar-refractivity contribution in [2.24, 2.45) is 5.92 Å². The molecule has 1 N–H and O–H groups in total. The summed E-state index contributed by atoms with van der Waals surface area (Å²) in [5.74, 6) is -3.72. The molecule has 0 bridgehead atoms. The molecule has 178 valence electrons. The standard InChI is InChI=1S/C22H36O9/c1-6-10-15(23)29-18-13(5)28-19(14(9-4)22(26)27)21(31-17(25)12-8-3)20(18)30-16(24)11-7-2/h13-14,18-21H,6-12H2,1-5H3,(H,26,27)/t13-,14?,18-,19-,20+,21+/m0/s1. The Morgan fingerprint density at radius 2 is 1.19 bits per heavy atom. The predicted octanol–water partition coefficient (Wildman–Crippen LogP) is 3.02. The van der Waals surface area contributed by atoms with Gasteiger partial charge in [0.15, 0.2) is 18.3 Å². The van der Waals surface area contributed by atoms with E-state index in [1.165, 1.54) is 0 Å². The Balaban J connectivity index is 3.37. The zero-order chi connectivity index (χ0) is 23.6. The van der Waals surface area contributed by atoms with Crippen LogP contribution in [0.1, 0.15) is 79.6 Å². The topological polar surface area (TPSA) is 125 Å². The summed E-state index contributed by atoms with van der Waals surface area (Å²) < 4.78 is 22.7. The van der Waals surface area contributed by atoms with Gasteiger partial charge in [0, 0.05) is 19.3 Å². The molecule has 1 aliphatic rings. The molecule has 0 amide bonds. The van der Waals surface area contributed by atoms with Gasteiger partial charge in [0.2, 0.25) is 0 Å². The molecule has 0 aromatic carbocycles. The molecule has 0 saturated carbocycles. The first kappa shape index (κ1) is 26.9. The number of aliphatic carboxylic acids is 1. The number of carboxylic acid groups (broad SMARTS) is 1. The summed E-state index contributed by atoms with van der Waals surface area (Å²) in [4.78, 5) is 48.7. The Labute approximate surface area is 183 Å². The summed E-state index contributed by atoms with van der Waals surface area (Å²) >= 11 is 0. The number of hydrogen-bond acceptors (Lipinski definition) is 8. The predicted molar refractivity (Wildman–Crippen MR) is 110 cm³/mol.